The molecule has 0 saturated heterocycles. The third kappa shape index (κ3) is 4.80. The molecule has 0 spiro atoms. The maximum Gasteiger partial charge on any atom is 0.416 e. The summed E-state index contributed by atoms with van der Waals surface area (Å²) in [5, 5.41) is 2.48. The number of anilines is 1. The molecule has 4 nitrogen and oxygen atoms in total. The number of hydrogen-bond donors (Lipinski definition) is 2. The van der Waals surface area contributed by atoms with Gasteiger partial charge in [0.25, 0.3) is 5.91 Å². The molecule has 9 heteroatoms. The van der Waals surface area contributed by atoms with Crippen LogP contribution in [0.1, 0.15) is 15.9 Å². The Hall–Kier alpha value is -3.07. The van der Waals surface area contributed by atoms with Crippen molar-refractivity contribution >= 4 is 23.4 Å². The van der Waals surface area contributed by atoms with Gasteiger partial charge in [-0.25, -0.2) is 4.39 Å². The van der Waals surface area contributed by atoms with Crippen molar-refractivity contribution in [2.45, 2.75) is 16.0 Å². The summed E-state index contributed by atoms with van der Waals surface area (Å²) in [6.07, 6.45) is -3.25. The summed E-state index contributed by atoms with van der Waals surface area (Å²) >= 11 is 0.900. The number of pyridine rings is 1. The molecule has 3 rings (SSSR count). The van der Waals surface area contributed by atoms with E-state index < -0.39 is 29.0 Å². The molecule has 0 radical (unpaired) electrons. The summed E-state index contributed by atoms with van der Waals surface area (Å²) < 4.78 is 52.3. The van der Waals surface area contributed by atoms with Crippen molar-refractivity contribution in [1.29, 1.82) is 0 Å². The molecule has 1 amide bonds. The minimum Gasteiger partial charge on any atom is -0.329 e. The number of amides is 1. The third-order valence-corrected chi connectivity index (χ3v) is 4.69. The lowest BCUT2D eigenvalue weighted by Gasteiger charge is -2.13. The second-order valence-electron chi connectivity index (χ2n) is 5.66. The monoisotopic (exact) mass is 408 g/mol. The van der Waals surface area contributed by atoms with E-state index in [1.165, 1.54) is 36.5 Å². The summed E-state index contributed by atoms with van der Waals surface area (Å²) in [5.74, 6) is -1.16. The van der Waals surface area contributed by atoms with Gasteiger partial charge in [-0.15, -0.1) is 0 Å². The van der Waals surface area contributed by atoms with Gasteiger partial charge >= 0.3 is 6.18 Å². The smallest absolute Gasteiger partial charge is 0.329 e. The third-order valence-electron chi connectivity index (χ3n) is 3.63. The molecule has 0 aliphatic heterocycles. The maximum absolute atomic E-state index is 13.1. The molecule has 1 aromatic heterocycles. The van der Waals surface area contributed by atoms with Crippen LogP contribution in [-0.2, 0) is 6.18 Å². The Morgan fingerprint density at radius 2 is 1.71 bits per heavy atom. The number of halogens is 4. The number of carbonyl (C=O) groups excluding carboxylic acids is 1. The van der Waals surface area contributed by atoms with Crippen LogP contribution in [0.5, 0.6) is 0 Å². The van der Waals surface area contributed by atoms with E-state index in [0.717, 1.165) is 36.0 Å². The normalized spacial score (nSPS) is 11.3. The van der Waals surface area contributed by atoms with Crippen molar-refractivity contribution in [3.63, 3.8) is 0 Å². The zero-order chi connectivity index (χ0) is 20.3. The van der Waals surface area contributed by atoms with Crippen LogP contribution < -0.4 is 10.9 Å². The van der Waals surface area contributed by atoms with Crippen LogP contribution in [0.3, 0.4) is 0 Å². The number of nitrogens with one attached hydrogen (secondary N) is 2. The predicted molar refractivity (Wildman–Crippen MR) is 97.0 cm³/mol. The summed E-state index contributed by atoms with van der Waals surface area (Å²) in [6, 6.07) is 10.5. The first-order chi connectivity index (χ1) is 13.2. The Balaban J connectivity index is 1.97. The second kappa shape index (κ2) is 7.89. The molecule has 0 unspecified atom stereocenters. The molecule has 0 atom stereocenters. The molecular weight excluding hydrogens is 396 g/mol. The second-order valence-corrected chi connectivity index (χ2v) is 6.78. The van der Waals surface area contributed by atoms with Crippen molar-refractivity contribution < 1.29 is 22.4 Å². The Morgan fingerprint density at radius 1 is 1.00 bits per heavy atom. The van der Waals surface area contributed by atoms with Crippen LogP contribution in [0.2, 0.25) is 0 Å². The van der Waals surface area contributed by atoms with E-state index in [2.05, 4.69) is 10.3 Å². The van der Waals surface area contributed by atoms with Crippen LogP contribution in [0.4, 0.5) is 23.2 Å². The van der Waals surface area contributed by atoms with Crippen LogP contribution in [0.25, 0.3) is 0 Å². The highest BCUT2D eigenvalue weighted by atomic mass is 32.2. The zero-order valence-corrected chi connectivity index (χ0v) is 14.8. The first kappa shape index (κ1) is 19.7. The molecule has 0 aliphatic rings. The van der Waals surface area contributed by atoms with E-state index in [-0.39, 0.29) is 16.1 Å². The molecule has 0 saturated carbocycles. The molecule has 1 heterocycles. The minimum atomic E-state index is -4.58. The number of carbonyl (C=O) groups is 1. The highest BCUT2D eigenvalue weighted by molar-refractivity contribution is 7.99. The predicted octanol–water partition coefficient (Wildman–Crippen LogP) is 4.94. The van der Waals surface area contributed by atoms with Crippen molar-refractivity contribution in [3.05, 3.63) is 88.1 Å². The average Bonchev–Trinajstić information content (AvgIpc) is 2.63. The molecule has 3 aromatic rings. The van der Waals surface area contributed by atoms with Crippen LogP contribution in [0.15, 0.2) is 75.4 Å². The summed E-state index contributed by atoms with van der Waals surface area (Å²) in [6.45, 7) is 0. The van der Waals surface area contributed by atoms with Crippen molar-refractivity contribution in [2.75, 3.05) is 5.32 Å². The fourth-order valence-electron chi connectivity index (χ4n) is 2.32. The van der Waals surface area contributed by atoms with E-state index in [1.54, 1.807) is 0 Å². The molecule has 144 valence electrons. The van der Waals surface area contributed by atoms with Gasteiger partial charge in [0.2, 0.25) is 5.56 Å². The zero-order valence-electron chi connectivity index (χ0n) is 14.0. The number of aromatic nitrogens is 1. The lowest BCUT2D eigenvalue weighted by Crippen LogP contribution is -2.16. The maximum atomic E-state index is 13.1. The number of H-pyrrole nitrogens is 1. The van der Waals surface area contributed by atoms with Crippen LogP contribution >= 0.6 is 11.8 Å². The van der Waals surface area contributed by atoms with Crippen LogP contribution in [0, 0.1) is 5.82 Å². The van der Waals surface area contributed by atoms with Gasteiger partial charge in [0.1, 0.15) is 5.82 Å². The Bertz CT molecular complexity index is 1060. The number of alkyl halides is 3. The number of benzene rings is 2. The molecule has 28 heavy (non-hydrogen) atoms. The standard InChI is InChI=1S/C19H12F4N2O2S/c20-12-2-4-14(5-3-12)28-16-9-11(19(21,22)23)1-6-15(16)18(27)25-13-7-8-24-17(26)10-13/h1-10H,(H2,24,25,26,27). The number of hydrogen-bond acceptors (Lipinski definition) is 3. The van der Waals surface area contributed by atoms with Crippen molar-refractivity contribution in [1.82, 2.24) is 4.98 Å². The first-order valence-electron chi connectivity index (χ1n) is 7.87. The summed E-state index contributed by atoms with van der Waals surface area (Å²) in [4.78, 5) is 26.8. The minimum absolute atomic E-state index is 0.0115. The Kier molecular flexibility index (Phi) is 5.55. The molecule has 0 bridgehead atoms. The van der Waals surface area contributed by atoms with Crippen molar-refractivity contribution in [2.24, 2.45) is 0 Å². The lowest BCUT2D eigenvalue weighted by molar-refractivity contribution is -0.137. The van der Waals surface area contributed by atoms with E-state index >= 15 is 0 Å². The SMILES string of the molecule is O=C(Nc1cc[nH]c(=O)c1)c1ccc(C(F)(F)F)cc1Sc1ccc(F)cc1. The molecule has 0 fully saturated rings. The van der Waals surface area contributed by atoms with Crippen molar-refractivity contribution in [3.8, 4) is 0 Å². The largest absolute Gasteiger partial charge is 0.416 e. The van der Waals surface area contributed by atoms with Gasteiger partial charge in [0, 0.05) is 27.7 Å². The fraction of sp³-hybridized carbons (Fsp3) is 0.0526. The quantitative estimate of drug-likeness (QED) is 0.602. The highest BCUT2D eigenvalue weighted by Crippen LogP contribution is 2.36. The highest BCUT2D eigenvalue weighted by Gasteiger charge is 2.31. The molecule has 2 aromatic carbocycles. The molecule has 2 N–H and O–H groups in total. The van der Waals surface area contributed by atoms with E-state index in [1.807, 2.05) is 0 Å². The molecular formula is C19H12F4N2O2S. The fourth-order valence-corrected chi connectivity index (χ4v) is 3.30. The first-order valence-corrected chi connectivity index (χ1v) is 8.69. The lowest BCUT2D eigenvalue weighted by atomic mass is 10.1. The van der Waals surface area contributed by atoms with Gasteiger partial charge in [0.05, 0.1) is 11.1 Å². The summed E-state index contributed by atoms with van der Waals surface area (Å²) in [7, 11) is 0. The van der Waals surface area contributed by atoms with Gasteiger partial charge in [0.15, 0.2) is 0 Å². The van der Waals surface area contributed by atoms with Gasteiger partial charge in [-0.2, -0.15) is 13.2 Å². The Morgan fingerprint density at radius 3 is 2.36 bits per heavy atom. The van der Waals surface area contributed by atoms with Crippen LogP contribution in [-0.4, -0.2) is 10.9 Å². The molecule has 0 aliphatic carbocycles. The Labute approximate surface area is 160 Å². The topological polar surface area (TPSA) is 62.0 Å². The van der Waals surface area contributed by atoms with Gasteiger partial charge < -0.3 is 10.3 Å². The van der Waals surface area contributed by atoms with E-state index in [4.69, 9.17) is 0 Å². The average molecular weight is 408 g/mol. The summed E-state index contributed by atoms with van der Waals surface area (Å²) in [5.41, 5.74) is -1.16. The van der Waals surface area contributed by atoms with Gasteiger partial charge in [-0.05, 0) is 48.5 Å². The van der Waals surface area contributed by atoms with Gasteiger partial charge in [-0.1, -0.05) is 11.8 Å². The number of aromatic amines is 1. The van der Waals surface area contributed by atoms with E-state index in [9.17, 15) is 27.2 Å². The van der Waals surface area contributed by atoms with Gasteiger partial charge in [-0.3, -0.25) is 9.59 Å². The van der Waals surface area contributed by atoms with E-state index in [0.29, 0.717) is 4.90 Å². The number of rotatable bonds is 4.